The smallest absolute Gasteiger partial charge is 0.408 e. The molecule has 0 radical (unpaired) electrons. The van der Waals surface area contributed by atoms with E-state index in [4.69, 9.17) is 14.6 Å². The van der Waals surface area contributed by atoms with Gasteiger partial charge in [0.1, 0.15) is 5.60 Å². The van der Waals surface area contributed by atoms with E-state index in [2.05, 4.69) is 10.3 Å². The van der Waals surface area contributed by atoms with Crippen LogP contribution < -0.4 is 10.1 Å². The van der Waals surface area contributed by atoms with Gasteiger partial charge in [-0.15, -0.1) is 0 Å². The highest BCUT2D eigenvalue weighted by Crippen LogP contribution is 2.18. The summed E-state index contributed by atoms with van der Waals surface area (Å²) >= 11 is 0. The Morgan fingerprint density at radius 1 is 1.38 bits per heavy atom. The zero-order valence-electron chi connectivity index (χ0n) is 12.5. The van der Waals surface area contributed by atoms with Crippen molar-refractivity contribution in [3.63, 3.8) is 0 Å². The number of nitrogens with zero attached hydrogens (tertiary/aromatic N) is 1. The predicted molar refractivity (Wildman–Crippen MR) is 75.2 cm³/mol. The van der Waals surface area contributed by atoms with Crippen LogP contribution in [-0.2, 0) is 9.53 Å². The number of alkyl carbamates (subject to hydrolysis) is 1. The van der Waals surface area contributed by atoms with Crippen molar-refractivity contribution in [2.24, 2.45) is 0 Å². The van der Waals surface area contributed by atoms with Gasteiger partial charge in [0, 0.05) is 6.07 Å². The molecule has 7 heteroatoms. The first-order valence-corrected chi connectivity index (χ1v) is 6.43. The van der Waals surface area contributed by atoms with E-state index in [9.17, 15) is 9.59 Å². The normalized spacial score (nSPS) is 12.4. The Morgan fingerprint density at radius 2 is 2.05 bits per heavy atom. The second-order valence-corrected chi connectivity index (χ2v) is 5.40. The van der Waals surface area contributed by atoms with Gasteiger partial charge in [0.05, 0.1) is 25.3 Å². The van der Waals surface area contributed by atoms with Crippen molar-refractivity contribution < 1.29 is 24.2 Å². The van der Waals surface area contributed by atoms with Crippen LogP contribution in [0.15, 0.2) is 18.2 Å². The summed E-state index contributed by atoms with van der Waals surface area (Å²) in [4.78, 5) is 26.9. The van der Waals surface area contributed by atoms with Gasteiger partial charge in [0.25, 0.3) is 0 Å². The Labute approximate surface area is 123 Å². The van der Waals surface area contributed by atoms with Gasteiger partial charge in [-0.05, 0) is 26.8 Å². The maximum absolute atomic E-state index is 11.8. The zero-order chi connectivity index (χ0) is 16.0. The van der Waals surface area contributed by atoms with Crippen LogP contribution in [-0.4, -0.2) is 34.9 Å². The Balaban J connectivity index is 2.89. The number of ether oxygens (including phenoxy) is 2. The minimum atomic E-state index is -1.05. The van der Waals surface area contributed by atoms with Crippen molar-refractivity contribution in [2.75, 3.05) is 7.11 Å². The highest BCUT2D eigenvalue weighted by atomic mass is 16.6. The van der Waals surface area contributed by atoms with E-state index in [0.717, 1.165) is 0 Å². The highest BCUT2D eigenvalue weighted by molar-refractivity contribution is 5.72. The first-order chi connectivity index (χ1) is 9.71. The number of nitrogens with one attached hydrogen (secondary N) is 1. The molecule has 1 rings (SSSR count). The number of methoxy groups -OCH3 is 1. The Kier molecular flexibility index (Phi) is 5.52. The summed E-state index contributed by atoms with van der Waals surface area (Å²) < 4.78 is 10.1. The molecular formula is C14H20N2O5. The average Bonchev–Trinajstić information content (AvgIpc) is 2.35. The number of aliphatic carboxylic acids is 1. The molecule has 0 aromatic carbocycles. The molecule has 1 aromatic heterocycles. The number of hydrogen-bond donors (Lipinski definition) is 2. The van der Waals surface area contributed by atoms with Crippen LogP contribution in [0.4, 0.5) is 4.79 Å². The average molecular weight is 296 g/mol. The van der Waals surface area contributed by atoms with Crippen molar-refractivity contribution in [3.8, 4) is 5.88 Å². The second kappa shape index (κ2) is 6.92. The standard InChI is InChI=1S/C14H20N2O5/c1-14(2,3)21-13(19)16-10(8-12(17)18)9-6-5-7-11(15-9)20-4/h5-7,10H,8H2,1-4H3,(H,16,19)(H,17,18)/t10-/m1/s1. The summed E-state index contributed by atoms with van der Waals surface area (Å²) in [5, 5.41) is 11.5. The van der Waals surface area contributed by atoms with Crippen LogP contribution >= 0.6 is 0 Å². The van der Waals surface area contributed by atoms with Gasteiger partial charge in [-0.1, -0.05) is 6.07 Å². The summed E-state index contributed by atoms with van der Waals surface area (Å²) in [6, 6.07) is 4.13. The van der Waals surface area contributed by atoms with Crippen molar-refractivity contribution in [1.82, 2.24) is 10.3 Å². The Hall–Kier alpha value is -2.31. The van der Waals surface area contributed by atoms with Gasteiger partial charge in [-0.3, -0.25) is 4.79 Å². The van der Waals surface area contributed by atoms with Gasteiger partial charge in [-0.25, -0.2) is 9.78 Å². The fourth-order valence-corrected chi connectivity index (χ4v) is 1.59. The first kappa shape index (κ1) is 16.7. The molecule has 116 valence electrons. The number of hydrogen-bond acceptors (Lipinski definition) is 5. The predicted octanol–water partition coefficient (Wildman–Crippen LogP) is 2.13. The van der Waals surface area contributed by atoms with E-state index < -0.39 is 23.7 Å². The Bertz CT molecular complexity index is 510. The lowest BCUT2D eigenvalue weighted by atomic mass is 10.1. The van der Waals surface area contributed by atoms with E-state index in [1.54, 1.807) is 39.0 Å². The maximum atomic E-state index is 11.8. The summed E-state index contributed by atoms with van der Waals surface area (Å²) in [6.07, 6.45) is -1.00. The molecule has 1 aromatic rings. The monoisotopic (exact) mass is 296 g/mol. The molecular weight excluding hydrogens is 276 g/mol. The number of carbonyl (C=O) groups is 2. The van der Waals surface area contributed by atoms with Crippen LogP contribution in [0.1, 0.15) is 38.9 Å². The highest BCUT2D eigenvalue weighted by Gasteiger charge is 2.23. The molecule has 0 spiro atoms. The third-order valence-corrected chi connectivity index (χ3v) is 2.38. The molecule has 1 amide bonds. The van der Waals surface area contributed by atoms with Gasteiger partial charge in [0.15, 0.2) is 0 Å². The summed E-state index contributed by atoms with van der Waals surface area (Å²) in [5.41, 5.74) is -0.276. The zero-order valence-corrected chi connectivity index (χ0v) is 12.5. The fraction of sp³-hybridized carbons (Fsp3) is 0.500. The van der Waals surface area contributed by atoms with E-state index >= 15 is 0 Å². The summed E-state index contributed by atoms with van der Waals surface area (Å²) in [7, 11) is 1.46. The lowest BCUT2D eigenvalue weighted by Gasteiger charge is -2.23. The van der Waals surface area contributed by atoms with Crippen molar-refractivity contribution in [3.05, 3.63) is 23.9 Å². The van der Waals surface area contributed by atoms with Gasteiger partial charge >= 0.3 is 12.1 Å². The molecule has 1 heterocycles. The lowest BCUT2D eigenvalue weighted by Crippen LogP contribution is -2.36. The van der Waals surface area contributed by atoms with Crippen molar-refractivity contribution in [2.45, 2.75) is 38.8 Å². The van der Waals surface area contributed by atoms with Crippen LogP contribution in [0, 0.1) is 0 Å². The minimum absolute atomic E-state index is 0.306. The molecule has 0 aliphatic rings. The first-order valence-electron chi connectivity index (χ1n) is 6.43. The van der Waals surface area contributed by atoms with E-state index in [0.29, 0.717) is 11.6 Å². The van der Waals surface area contributed by atoms with E-state index in [1.807, 2.05) is 0 Å². The molecule has 21 heavy (non-hydrogen) atoms. The molecule has 0 saturated carbocycles. The SMILES string of the molecule is COc1cccc([C@@H](CC(=O)O)NC(=O)OC(C)(C)C)n1. The quantitative estimate of drug-likeness (QED) is 0.863. The number of carboxylic acid groups (broad SMARTS) is 1. The van der Waals surface area contributed by atoms with Gasteiger partial charge in [-0.2, -0.15) is 0 Å². The summed E-state index contributed by atoms with van der Waals surface area (Å²) in [5.74, 6) is -0.713. The van der Waals surface area contributed by atoms with Crippen molar-refractivity contribution >= 4 is 12.1 Å². The lowest BCUT2D eigenvalue weighted by molar-refractivity contribution is -0.137. The Morgan fingerprint density at radius 3 is 2.57 bits per heavy atom. The molecule has 0 aliphatic carbocycles. The van der Waals surface area contributed by atoms with Gasteiger partial charge in [0.2, 0.25) is 5.88 Å². The third-order valence-electron chi connectivity index (χ3n) is 2.38. The third kappa shape index (κ3) is 6.11. The van der Waals surface area contributed by atoms with E-state index in [-0.39, 0.29) is 6.42 Å². The number of pyridine rings is 1. The van der Waals surface area contributed by atoms with E-state index in [1.165, 1.54) is 7.11 Å². The van der Waals surface area contributed by atoms with Crippen molar-refractivity contribution in [1.29, 1.82) is 0 Å². The topological polar surface area (TPSA) is 97.8 Å². The molecule has 0 bridgehead atoms. The van der Waals surface area contributed by atoms with Crippen LogP contribution in [0.2, 0.25) is 0 Å². The molecule has 7 nitrogen and oxygen atoms in total. The summed E-state index contributed by atoms with van der Waals surface area (Å²) in [6.45, 7) is 5.17. The molecule has 0 fully saturated rings. The van der Waals surface area contributed by atoms with Crippen LogP contribution in [0.5, 0.6) is 5.88 Å². The maximum Gasteiger partial charge on any atom is 0.408 e. The minimum Gasteiger partial charge on any atom is -0.481 e. The number of amides is 1. The van der Waals surface area contributed by atoms with Gasteiger partial charge < -0.3 is 19.9 Å². The molecule has 0 saturated heterocycles. The number of carboxylic acids is 1. The molecule has 0 unspecified atom stereocenters. The molecule has 0 aliphatic heterocycles. The second-order valence-electron chi connectivity index (χ2n) is 5.40. The fourth-order valence-electron chi connectivity index (χ4n) is 1.59. The van der Waals surface area contributed by atoms with Crippen LogP contribution in [0.25, 0.3) is 0 Å². The molecule has 2 N–H and O–H groups in total. The largest absolute Gasteiger partial charge is 0.481 e. The number of rotatable bonds is 5. The van der Waals surface area contributed by atoms with Crippen LogP contribution in [0.3, 0.4) is 0 Å². The number of carbonyl (C=O) groups excluding carboxylic acids is 1. The number of aromatic nitrogens is 1. The molecule has 1 atom stereocenters.